The van der Waals surface area contributed by atoms with E-state index in [9.17, 15) is 9.59 Å². The van der Waals surface area contributed by atoms with E-state index >= 15 is 0 Å². The molecule has 1 aliphatic rings. The number of nitrogens with one attached hydrogen (secondary N) is 2. The molecular weight excluding hydrogens is 404 g/mol. The second kappa shape index (κ2) is 8.95. The van der Waals surface area contributed by atoms with Crippen molar-refractivity contribution >= 4 is 33.2 Å². The lowest BCUT2D eigenvalue weighted by Gasteiger charge is -2.33. The predicted octanol–water partition coefficient (Wildman–Crippen LogP) is 2.52. The van der Waals surface area contributed by atoms with Gasteiger partial charge in [-0.2, -0.15) is 5.10 Å². The smallest absolute Gasteiger partial charge is 0.261 e. The quantitative estimate of drug-likeness (QED) is 0.588. The van der Waals surface area contributed by atoms with Crippen LogP contribution in [0.15, 0.2) is 30.5 Å². The first-order valence-corrected chi connectivity index (χ1v) is 10.6. The summed E-state index contributed by atoms with van der Waals surface area (Å²) in [7, 11) is 1.60. The number of fused-ring (bicyclic) bond motifs is 1. The first-order valence-electron chi connectivity index (χ1n) is 9.79. The van der Waals surface area contributed by atoms with Crippen molar-refractivity contribution in [2.45, 2.75) is 13.0 Å². The van der Waals surface area contributed by atoms with E-state index in [4.69, 9.17) is 9.47 Å². The number of carbonyl (C=O) groups excluding carboxylic acids is 2. The number of carbonyl (C=O) groups is 2. The summed E-state index contributed by atoms with van der Waals surface area (Å²) >= 11 is 1.44. The van der Waals surface area contributed by atoms with Gasteiger partial charge in [-0.1, -0.05) is 18.2 Å². The molecule has 0 bridgehead atoms. The number of H-pyrrole nitrogens is 1. The summed E-state index contributed by atoms with van der Waals surface area (Å²) in [5, 5.41) is 10.7. The third-order valence-electron chi connectivity index (χ3n) is 5.17. The SMILES string of the molecule is COCCNC(=O)c1sc2ccccc2c1[C@H]1CN(C(=O)c2cn[nH]c2C)CCO1. The molecule has 1 atom stereocenters. The van der Waals surface area contributed by atoms with Gasteiger partial charge in [-0.05, 0) is 18.4 Å². The fourth-order valence-electron chi connectivity index (χ4n) is 3.65. The summed E-state index contributed by atoms with van der Waals surface area (Å²) in [6, 6.07) is 7.90. The number of aromatic nitrogens is 2. The standard InChI is InChI=1S/C21H24N4O4S/c1-13-15(11-23-24-13)21(27)25-8-10-29-16(12-25)18-14-5-3-4-6-17(14)30-19(18)20(26)22-7-9-28-2/h3-6,11,16H,7-10,12H2,1-2H3,(H,22,26)(H,23,24)/t16-/m1/s1. The van der Waals surface area contributed by atoms with E-state index in [-0.39, 0.29) is 17.9 Å². The van der Waals surface area contributed by atoms with Crippen molar-refractivity contribution in [2.24, 2.45) is 0 Å². The average molecular weight is 429 g/mol. The van der Waals surface area contributed by atoms with Gasteiger partial charge < -0.3 is 19.7 Å². The fraction of sp³-hybridized carbons (Fsp3) is 0.381. The normalized spacial score (nSPS) is 16.7. The maximum Gasteiger partial charge on any atom is 0.261 e. The van der Waals surface area contributed by atoms with Gasteiger partial charge in [0.15, 0.2) is 0 Å². The number of rotatable bonds is 6. The van der Waals surface area contributed by atoms with E-state index in [0.717, 1.165) is 21.3 Å². The van der Waals surface area contributed by atoms with Crippen LogP contribution in [-0.2, 0) is 9.47 Å². The van der Waals surface area contributed by atoms with E-state index in [2.05, 4.69) is 15.5 Å². The van der Waals surface area contributed by atoms with E-state index < -0.39 is 0 Å². The summed E-state index contributed by atoms with van der Waals surface area (Å²) in [6.45, 7) is 3.98. The molecule has 1 saturated heterocycles. The minimum atomic E-state index is -0.380. The molecule has 2 N–H and O–H groups in total. The molecule has 158 valence electrons. The Morgan fingerprint density at radius 2 is 2.23 bits per heavy atom. The van der Waals surface area contributed by atoms with Crippen LogP contribution >= 0.6 is 11.3 Å². The Balaban J connectivity index is 1.64. The topological polar surface area (TPSA) is 96.5 Å². The number of ether oxygens (including phenoxy) is 2. The highest BCUT2D eigenvalue weighted by atomic mass is 32.1. The predicted molar refractivity (Wildman–Crippen MR) is 114 cm³/mol. The number of aryl methyl sites for hydroxylation is 1. The largest absolute Gasteiger partial charge is 0.383 e. The van der Waals surface area contributed by atoms with E-state index in [0.29, 0.717) is 43.3 Å². The van der Waals surface area contributed by atoms with Crippen LogP contribution in [0.2, 0.25) is 0 Å². The van der Waals surface area contributed by atoms with E-state index in [1.807, 2.05) is 31.2 Å². The highest BCUT2D eigenvalue weighted by Crippen LogP contribution is 2.38. The van der Waals surface area contributed by atoms with Crippen LogP contribution in [0.5, 0.6) is 0 Å². The number of nitrogens with zero attached hydrogens (tertiary/aromatic N) is 2. The lowest BCUT2D eigenvalue weighted by molar-refractivity contribution is -0.0222. The second-order valence-corrected chi connectivity index (χ2v) is 8.16. The summed E-state index contributed by atoms with van der Waals surface area (Å²) in [4.78, 5) is 28.3. The first-order chi connectivity index (χ1) is 14.6. The van der Waals surface area contributed by atoms with Crippen molar-refractivity contribution in [1.82, 2.24) is 20.4 Å². The minimum absolute atomic E-state index is 0.0832. The number of hydrogen-bond donors (Lipinski definition) is 2. The zero-order valence-corrected chi connectivity index (χ0v) is 17.8. The van der Waals surface area contributed by atoms with Crippen LogP contribution in [0.1, 0.15) is 37.4 Å². The number of benzene rings is 1. The van der Waals surface area contributed by atoms with E-state index in [1.54, 1.807) is 18.2 Å². The Labute approximate surface area is 178 Å². The molecule has 4 rings (SSSR count). The van der Waals surface area contributed by atoms with Gasteiger partial charge in [0.1, 0.15) is 6.10 Å². The van der Waals surface area contributed by atoms with Crippen molar-refractivity contribution in [3.63, 3.8) is 0 Å². The Morgan fingerprint density at radius 1 is 1.40 bits per heavy atom. The minimum Gasteiger partial charge on any atom is -0.383 e. The van der Waals surface area contributed by atoms with Crippen LogP contribution in [0.3, 0.4) is 0 Å². The molecule has 1 aromatic carbocycles. The molecule has 0 spiro atoms. The molecule has 8 nitrogen and oxygen atoms in total. The van der Waals surface area contributed by atoms with Crippen LogP contribution < -0.4 is 5.32 Å². The fourth-order valence-corrected chi connectivity index (χ4v) is 4.82. The molecule has 3 aromatic rings. The number of thiophene rings is 1. The van der Waals surface area contributed by atoms with Crippen molar-refractivity contribution in [2.75, 3.05) is 40.0 Å². The van der Waals surface area contributed by atoms with Gasteiger partial charge in [-0.25, -0.2) is 0 Å². The molecule has 9 heteroatoms. The van der Waals surface area contributed by atoms with Crippen LogP contribution in [0, 0.1) is 6.92 Å². The highest BCUT2D eigenvalue weighted by molar-refractivity contribution is 7.21. The summed E-state index contributed by atoms with van der Waals surface area (Å²) in [5.74, 6) is -0.235. The summed E-state index contributed by atoms with van der Waals surface area (Å²) < 4.78 is 12.1. The molecule has 2 aromatic heterocycles. The van der Waals surface area contributed by atoms with Crippen LogP contribution in [0.25, 0.3) is 10.1 Å². The van der Waals surface area contributed by atoms with Gasteiger partial charge in [0.2, 0.25) is 0 Å². The van der Waals surface area contributed by atoms with Gasteiger partial charge >= 0.3 is 0 Å². The number of hydrogen-bond acceptors (Lipinski definition) is 6. The number of morpholine rings is 1. The average Bonchev–Trinajstić information content (AvgIpc) is 3.37. The molecule has 30 heavy (non-hydrogen) atoms. The molecule has 0 aliphatic carbocycles. The summed E-state index contributed by atoms with van der Waals surface area (Å²) in [5.41, 5.74) is 2.14. The summed E-state index contributed by atoms with van der Waals surface area (Å²) in [6.07, 6.45) is 1.17. The molecule has 0 saturated carbocycles. The third-order valence-corrected chi connectivity index (χ3v) is 6.35. The van der Waals surface area contributed by atoms with Gasteiger partial charge in [-0.15, -0.1) is 11.3 Å². The monoisotopic (exact) mass is 428 g/mol. The maximum absolute atomic E-state index is 13.0. The molecule has 1 aliphatic heterocycles. The van der Waals surface area contributed by atoms with Crippen molar-refractivity contribution in [3.8, 4) is 0 Å². The van der Waals surface area contributed by atoms with Crippen LogP contribution in [0.4, 0.5) is 0 Å². The number of aromatic amines is 1. The van der Waals surface area contributed by atoms with Crippen LogP contribution in [-0.4, -0.2) is 66.9 Å². The Kier molecular flexibility index (Phi) is 6.12. The Hall–Kier alpha value is -2.75. The molecule has 3 heterocycles. The van der Waals surface area contributed by atoms with Gasteiger partial charge in [0.05, 0.1) is 36.4 Å². The second-order valence-electron chi connectivity index (χ2n) is 7.11. The van der Waals surface area contributed by atoms with Crippen molar-refractivity contribution in [3.05, 3.63) is 52.2 Å². The van der Waals surface area contributed by atoms with Gasteiger partial charge in [-0.3, -0.25) is 14.7 Å². The Morgan fingerprint density at radius 3 is 3.00 bits per heavy atom. The van der Waals surface area contributed by atoms with Gasteiger partial charge in [0, 0.05) is 36.2 Å². The zero-order valence-electron chi connectivity index (χ0n) is 16.9. The number of methoxy groups -OCH3 is 1. The first kappa shape index (κ1) is 20.5. The van der Waals surface area contributed by atoms with Crippen molar-refractivity contribution < 1.29 is 19.1 Å². The maximum atomic E-state index is 13.0. The molecule has 0 unspecified atom stereocenters. The number of amides is 2. The zero-order chi connectivity index (χ0) is 21.1. The highest BCUT2D eigenvalue weighted by Gasteiger charge is 2.32. The molecule has 0 radical (unpaired) electrons. The van der Waals surface area contributed by atoms with Crippen molar-refractivity contribution in [1.29, 1.82) is 0 Å². The molecule has 2 amide bonds. The molecular formula is C21H24N4O4S. The Bertz CT molecular complexity index is 1060. The lowest BCUT2D eigenvalue weighted by atomic mass is 10.0. The molecule has 1 fully saturated rings. The lowest BCUT2D eigenvalue weighted by Crippen LogP contribution is -2.42. The third kappa shape index (κ3) is 3.96. The van der Waals surface area contributed by atoms with E-state index in [1.165, 1.54) is 11.3 Å². The van der Waals surface area contributed by atoms with Gasteiger partial charge in [0.25, 0.3) is 11.8 Å².